The summed E-state index contributed by atoms with van der Waals surface area (Å²) in [4.78, 5) is 0. The summed E-state index contributed by atoms with van der Waals surface area (Å²) in [7, 11) is 0. The SMILES string of the molecule is CC[C@@H]1c2cc(C)ccc2Oc2ccc(C)cc2[C@H]1CCN. The first kappa shape index (κ1) is 15.1. The van der Waals surface area contributed by atoms with Crippen molar-refractivity contribution in [2.75, 3.05) is 6.54 Å². The minimum atomic E-state index is 0.424. The second-order valence-electron chi connectivity index (χ2n) is 6.38. The summed E-state index contributed by atoms with van der Waals surface area (Å²) in [5, 5.41) is 0. The smallest absolute Gasteiger partial charge is 0.130 e. The Hall–Kier alpha value is -1.80. The Kier molecular flexibility index (Phi) is 4.21. The largest absolute Gasteiger partial charge is 0.457 e. The highest BCUT2D eigenvalue weighted by Gasteiger charge is 2.31. The average molecular weight is 295 g/mol. The Balaban J connectivity index is 2.20. The first-order chi connectivity index (χ1) is 10.6. The van der Waals surface area contributed by atoms with E-state index in [1.807, 2.05) is 0 Å². The lowest BCUT2D eigenvalue weighted by Crippen LogP contribution is -2.14. The van der Waals surface area contributed by atoms with E-state index >= 15 is 0 Å². The molecule has 0 saturated carbocycles. The fraction of sp³-hybridized carbons (Fsp3) is 0.400. The molecule has 22 heavy (non-hydrogen) atoms. The fourth-order valence-corrected chi connectivity index (χ4v) is 3.69. The Morgan fingerprint density at radius 1 is 0.909 bits per heavy atom. The number of benzene rings is 2. The van der Waals surface area contributed by atoms with E-state index in [0.29, 0.717) is 18.4 Å². The molecule has 0 bridgehead atoms. The summed E-state index contributed by atoms with van der Waals surface area (Å²) in [5.41, 5.74) is 11.1. The maximum Gasteiger partial charge on any atom is 0.130 e. The predicted octanol–water partition coefficient (Wildman–Crippen LogP) is 5.04. The molecule has 2 atom stereocenters. The molecular formula is C20H25NO. The van der Waals surface area contributed by atoms with Gasteiger partial charge in [0, 0.05) is 0 Å². The van der Waals surface area contributed by atoms with Crippen LogP contribution in [0.1, 0.15) is 53.9 Å². The van der Waals surface area contributed by atoms with Gasteiger partial charge in [-0.2, -0.15) is 0 Å². The van der Waals surface area contributed by atoms with E-state index in [9.17, 15) is 0 Å². The monoisotopic (exact) mass is 295 g/mol. The molecule has 116 valence electrons. The van der Waals surface area contributed by atoms with Crippen molar-refractivity contribution < 1.29 is 4.74 Å². The molecule has 1 aliphatic heterocycles. The molecule has 0 saturated heterocycles. The quantitative estimate of drug-likeness (QED) is 0.861. The molecule has 1 heterocycles. The minimum Gasteiger partial charge on any atom is -0.457 e. The van der Waals surface area contributed by atoms with Crippen LogP contribution in [0.4, 0.5) is 0 Å². The van der Waals surface area contributed by atoms with Crippen LogP contribution in [0.5, 0.6) is 11.5 Å². The molecule has 0 radical (unpaired) electrons. The van der Waals surface area contributed by atoms with E-state index in [1.54, 1.807) is 0 Å². The van der Waals surface area contributed by atoms with E-state index in [0.717, 1.165) is 24.3 Å². The van der Waals surface area contributed by atoms with Crippen molar-refractivity contribution in [1.82, 2.24) is 0 Å². The van der Waals surface area contributed by atoms with Crippen LogP contribution in [-0.4, -0.2) is 6.54 Å². The summed E-state index contributed by atoms with van der Waals surface area (Å²) in [5.74, 6) is 2.88. The molecule has 0 aliphatic carbocycles. The van der Waals surface area contributed by atoms with Crippen molar-refractivity contribution in [3.8, 4) is 11.5 Å². The van der Waals surface area contributed by atoms with Crippen LogP contribution in [0.3, 0.4) is 0 Å². The molecule has 0 unspecified atom stereocenters. The molecule has 0 fully saturated rings. The number of fused-ring (bicyclic) bond motifs is 2. The molecular weight excluding hydrogens is 270 g/mol. The van der Waals surface area contributed by atoms with Gasteiger partial charge in [-0.1, -0.05) is 42.3 Å². The Morgan fingerprint density at radius 3 is 1.95 bits per heavy atom. The van der Waals surface area contributed by atoms with Gasteiger partial charge in [-0.3, -0.25) is 0 Å². The van der Waals surface area contributed by atoms with Crippen LogP contribution in [0.25, 0.3) is 0 Å². The molecule has 2 heteroatoms. The summed E-state index contributed by atoms with van der Waals surface area (Å²) in [6.07, 6.45) is 2.09. The Morgan fingerprint density at radius 2 is 1.45 bits per heavy atom. The zero-order valence-electron chi connectivity index (χ0n) is 13.7. The molecule has 3 rings (SSSR count). The van der Waals surface area contributed by atoms with E-state index < -0.39 is 0 Å². The van der Waals surface area contributed by atoms with Gasteiger partial charge < -0.3 is 10.5 Å². The normalized spacial score (nSPS) is 19.8. The van der Waals surface area contributed by atoms with Crippen molar-refractivity contribution in [2.45, 2.75) is 45.4 Å². The lowest BCUT2D eigenvalue weighted by molar-refractivity contribution is 0.477. The highest BCUT2D eigenvalue weighted by atomic mass is 16.5. The molecule has 0 spiro atoms. The third kappa shape index (κ3) is 2.64. The maximum atomic E-state index is 6.28. The van der Waals surface area contributed by atoms with Crippen molar-refractivity contribution in [3.63, 3.8) is 0 Å². The zero-order chi connectivity index (χ0) is 15.7. The number of nitrogens with two attached hydrogens (primary N) is 1. The van der Waals surface area contributed by atoms with Gasteiger partial charge in [0.15, 0.2) is 0 Å². The second kappa shape index (κ2) is 6.13. The van der Waals surface area contributed by atoms with Crippen LogP contribution in [-0.2, 0) is 0 Å². The van der Waals surface area contributed by atoms with E-state index in [2.05, 4.69) is 57.2 Å². The first-order valence-corrected chi connectivity index (χ1v) is 8.23. The summed E-state index contributed by atoms with van der Waals surface area (Å²) in [6, 6.07) is 13.0. The molecule has 2 aromatic carbocycles. The summed E-state index contributed by atoms with van der Waals surface area (Å²) in [6.45, 7) is 7.26. The number of aryl methyl sites for hydroxylation is 2. The minimum absolute atomic E-state index is 0.424. The van der Waals surface area contributed by atoms with Crippen molar-refractivity contribution >= 4 is 0 Å². The summed E-state index contributed by atoms with van der Waals surface area (Å²) < 4.78 is 6.28. The first-order valence-electron chi connectivity index (χ1n) is 8.23. The lowest BCUT2D eigenvalue weighted by atomic mass is 9.77. The molecule has 0 amide bonds. The Bertz CT molecular complexity index is 677. The second-order valence-corrected chi connectivity index (χ2v) is 6.38. The van der Waals surface area contributed by atoms with E-state index in [1.165, 1.54) is 22.3 Å². The van der Waals surface area contributed by atoms with Gasteiger partial charge in [0.2, 0.25) is 0 Å². The third-order valence-corrected chi connectivity index (χ3v) is 4.75. The van der Waals surface area contributed by atoms with Crippen molar-refractivity contribution in [1.29, 1.82) is 0 Å². The molecule has 2 N–H and O–H groups in total. The van der Waals surface area contributed by atoms with Gasteiger partial charge >= 0.3 is 0 Å². The zero-order valence-corrected chi connectivity index (χ0v) is 13.7. The average Bonchev–Trinajstić information content (AvgIpc) is 2.62. The van der Waals surface area contributed by atoms with E-state index in [-0.39, 0.29) is 0 Å². The van der Waals surface area contributed by atoms with Crippen molar-refractivity contribution in [3.05, 3.63) is 58.7 Å². The van der Waals surface area contributed by atoms with Crippen LogP contribution in [0, 0.1) is 13.8 Å². The van der Waals surface area contributed by atoms with Crippen LogP contribution in [0.2, 0.25) is 0 Å². The van der Waals surface area contributed by atoms with E-state index in [4.69, 9.17) is 10.5 Å². The number of hydrogen-bond donors (Lipinski definition) is 1. The van der Waals surface area contributed by atoms with Gasteiger partial charge in [-0.25, -0.2) is 0 Å². The number of rotatable bonds is 3. The van der Waals surface area contributed by atoms with Crippen LogP contribution < -0.4 is 10.5 Å². The predicted molar refractivity (Wildman–Crippen MR) is 91.9 cm³/mol. The number of ether oxygens (including phenoxy) is 1. The highest BCUT2D eigenvalue weighted by Crippen LogP contribution is 2.49. The van der Waals surface area contributed by atoms with Gasteiger partial charge in [-0.15, -0.1) is 0 Å². The van der Waals surface area contributed by atoms with Crippen molar-refractivity contribution in [2.24, 2.45) is 5.73 Å². The molecule has 1 aliphatic rings. The molecule has 0 aromatic heterocycles. The fourth-order valence-electron chi connectivity index (χ4n) is 3.69. The Labute approximate surface area is 133 Å². The van der Waals surface area contributed by atoms with Gasteiger partial charge in [0.05, 0.1) is 0 Å². The van der Waals surface area contributed by atoms with Crippen LogP contribution >= 0.6 is 0 Å². The molecule has 2 nitrogen and oxygen atoms in total. The topological polar surface area (TPSA) is 35.2 Å². The van der Waals surface area contributed by atoms with Gasteiger partial charge in [0.1, 0.15) is 11.5 Å². The van der Waals surface area contributed by atoms with Crippen LogP contribution in [0.15, 0.2) is 36.4 Å². The summed E-state index contributed by atoms with van der Waals surface area (Å²) >= 11 is 0. The standard InChI is InChI=1S/C20H25NO/c1-4-15-16(9-10-21)18-12-14(3)6-8-20(18)22-19-7-5-13(2)11-17(15)19/h5-8,11-12,15-16H,4,9-10,21H2,1-3H3/t15-,16-/m0/s1. The highest BCUT2D eigenvalue weighted by molar-refractivity contribution is 5.51. The third-order valence-electron chi connectivity index (χ3n) is 4.75. The lowest BCUT2D eigenvalue weighted by Gasteiger charge is -2.25. The maximum absolute atomic E-state index is 6.28. The number of hydrogen-bond acceptors (Lipinski definition) is 2. The van der Waals surface area contributed by atoms with Gasteiger partial charge in [0.25, 0.3) is 0 Å². The molecule has 2 aromatic rings. The van der Waals surface area contributed by atoms with Gasteiger partial charge in [-0.05, 0) is 68.3 Å².